The van der Waals surface area contributed by atoms with Gasteiger partial charge in [0, 0.05) is 0 Å². The quantitative estimate of drug-likeness (QED) is 0.400. The summed E-state index contributed by atoms with van der Waals surface area (Å²) in [6.07, 6.45) is 2.74. The number of hydrogen-bond acceptors (Lipinski definition) is 1. The van der Waals surface area contributed by atoms with Crippen molar-refractivity contribution in [1.82, 2.24) is 0 Å². The molecule has 15 heavy (non-hydrogen) atoms. The molecule has 0 aromatic carbocycles. The first-order valence-electron chi connectivity index (χ1n) is 5.82. The Balaban J connectivity index is 2.37. The van der Waals surface area contributed by atoms with Crippen LogP contribution in [0, 0.1) is 0 Å². The highest BCUT2D eigenvalue weighted by Gasteiger charge is 2.46. The number of allylic oxidation sites excluding steroid dienone is 1. The lowest BCUT2D eigenvalue weighted by atomic mass is 10.0. The molecule has 0 aromatic rings. The second kappa shape index (κ2) is 4.29. The lowest BCUT2D eigenvalue weighted by molar-refractivity contribution is 0.320. The molecule has 1 atom stereocenters. The first-order chi connectivity index (χ1) is 6.71. The molecule has 0 aliphatic carbocycles. The molecule has 0 radical (unpaired) electrons. The summed E-state index contributed by atoms with van der Waals surface area (Å²) in [6, 6.07) is 0. The van der Waals surface area contributed by atoms with Crippen molar-refractivity contribution >= 4 is 8.07 Å². The maximum Gasteiger partial charge on any atom is 0.0892 e. The highest BCUT2D eigenvalue weighted by atomic mass is 28.3. The predicted molar refractivity (Wildman–Crippen MR) is 68.8 cm³/mol. The minimum atomic E-state index is -1.08. The van der Waals surface area contributed by atoms with E-state index in [4.69, 9.17) is 4.74 Å². The Morgan fingerprint density at radius 2 is 1.93 bits per heavy atom. The Morgan fingerprint density at radius 3 is 2.33 bits per heavy atom. The lowest BCUT2D eigenvalue weighted by Gasteiger charge is -2.05. The van der Waals surface area contributed by atoms with Crippen LogP contribution in [-0.2, 0) is 4.74 Å². The summed E-state index contributed by atoms with van der Waals surface area (Å²) < 4.78 is 5.56. The zero-order valence-corrected chi connectivity index (χ0v) is 12.0. The third kappa shape index (κ3) is 4.83. The SMILES string of the molecule is CC(=C=C[Si](C)(C)C)CCC1OC1(C)C. The monoisotopic (exact) mass is 224 g/mol. The average Bonchev–Trinajstić information content (AvgIpc) is 2.66. The smallest absolute Gasteiger partial charge is 0.0892 e. The molecule has 2 heteroatoms. The summed E-state index contributed by atoms with van der Waals surface area (Å²) in [7, 11) is -1.08. The molecule has 1 unspecified atom stereocenters. The maximum atomic E-state index is 5.56. The van der Waals surface area contributed by atoms with Gasteiger partial charge in [0.1, 0.15) is 0 Å². The summed E-state index contributed by atoms with van der Waals surface area (Å²) in [4.78, 5) is 0. The molecular formula is C13H24OSi. The van der Waals surface area contributed by atoms with Crippen molar-refractivity contribution < 1.29 is 4.74 Å². The molecule has 0 spiro atoms. The Labute approximate surface area is 95.2 Å². The lowest BCUT2D eigenvalue weighted by Crippen LogP contribution is -2.14. The van der Waals surface area contributed by atoms with Crippen molar-refractivity contribution in [2.45, 2.75) is 65.0 Å². The molecule has 0 bridgehead atoms. The van der Waals surface area contributed by atoms with Crippen LogP contribution in [0.25, 0.3) is 0 Å². The van der Waals surface area contributed by atoms with E-state index in [0.29, 0.717) is 6.10 Å². The zero-order chi connectivity index (χ0) is 11.7. The molecule has 86 valence electrons. The minimum absolute atomic E-state index is 0.142. The van der Waals surface area contributed by atoms with Crippen molar-refractivity contribution in [2.75, 3.05) is 0 Å². The van der Waals surface area contributed by atoms with Crippen molar-refractivity contribution in [3.05, 3.63) is 17.0 Å². The van der Waals surface area contributed by atoms with Gasteiger partial charge in [-0.15, -0.1) is 5.73 Å². The van der Waals surface area contributed by atoms with Gasteiger partial charge in [-0.2, -0.15) is 0 Å². The van der Waals surface area contributed by atoms with Gasteiger partial charge in [0.25, 0.3) is 0 Å². The second-order valence-corrected chi connectivity index (χ2v) is 11.2. The molecular weight excluding hydrogens is 200 g/mol. The van der Waals surface area contributed by atoms with Crippen LogP contribution in [0.1, 0.15) is 33.6 Å². The summed E-state index contributed by atoms with van der Waals surface area (Å²) in [6.45, 7) is 13.5. The van der Waals surface area contributed by atoms with Crippen LogP contribution >= 0.6 is 0 Å². The topological polar surface area (TPSA) is 12.5 Å². The molecule has 1 rings (SSSR count). The van der Waals surface area contributed by atoms with Gasteiger partial charge in [-0.1, -0.05) is 25.3 Å². The van der Waals surface area contributed by atoms with Crippen molar-refractivity contribution in [3.63, 3.8) is 0 Å². The Morgan fingerprint density at radius 1 is 1.40 bits per heavy atom. The van der Waals surface area contributed by atoms with Gasteiger partial charge in [0.15, 0.2) is 0 Å². The second-order valence-electron chi connectivity index (χ2n) is 6.18. The van der Waals surface area contributed by atoms with Gasteiger partial charge in [-0.3, -0.25) is 0 Å². The molecule has 0 amide bonds. The first-order valence-corrected chi connectivity index (χ1v) is 9.40. The van der Waals surface area contributed by atoms with Crippen LogP contribution < -0.4 is 0 Å². The van der Waals surface area contributed by atoms with Gasteiger partial charge in [-0.25, -0.2) is 0 Å². The molecule has 1 aliphatic heterocycles. The molecule has 0 aromatic heterocycles. The van der Waals surface area contributed by atoms with E-state index in [1.165, 1.54) is 5.57 Å². The summed E-state index contributed by atoms with van der Waals surface area (Å²) in [5.74, 6) is 0. The van der Waals surface area contributed by atoms with Gasteiger partial charge >= 0.3 is 0 Å². The fourth-order valence-corrected chi connectivity index (χ4v) is 2.18. The maximum absolute atomic E-state index is 5.56. The van der Waals surface area contributed by atoms with E-state index in [0.717, 1.165) is 12.8 Å². The standard InChI is InChI=1S/C13H24OSi/c1-11(9-10-15(4,5)6)7-8-12-13(2,3)14-12/h10,12H,7-8H2,1-6H3. The van der Waals surface area contributed by atoms with E-state index in [1.54, 1.807) is 0 Å². The summed E-state index contributed by atoms with van der Waals surface area (Å²) in [5.41, 5.74) is 7.23. The van der Waals surface area contributed by atoms with Crippen LogP contribution in [0.4, 0.5) is 0 Å². The Kier molecular flexibility index (Phi) is 3.65. The van der Waals surface area contributed by atoms with Crippen molar-refractivity contribution in [3.8, 4) is 0 Å². The van der Waals surface area contributed by atoms with Gasteiger partial charge in [-0.05, 0) is 39.2 Å². The van der Waals surface area contributed by atoms with Gasteiger partial charge in [0.05, 0.1) is 19.8 Å². The Bertz CT molecular complexity index is 290. The van der Waals surface area contributed by atoms with E-state index >= 15 is 0 Å². The summed E-state index contributed by atoms with van der Waals surface area (Å²) >= 11 is 0. The van der Waals surface area contributed by atoms with E-state index in [2.05, 4.69) is 51.8 Å². The molecule has 1 saturated heterocycles. The Hall–Kier alpha value is -0.303. The molecule has 1 heterocycles. The van der Waals surface area contributed by atoms with Crippen molar-refractivity contribution in [1.29, 1.82) is 0 Å². The predicted octanol–water partition coefficient (Wildman–Crippen LogP) is 3.92. The van der Waals surface area contributed by atoms with Crippen molar-refractivity contribution in [2.24, 2.45) is 0 Å². The average molecular weight is 224 g/mol. The third-order valence-corrected chi connectivity index (χ3v) is 3.71. The van der Waals surface area contributed by atoms with Gasteiger partial charge in [0.2, 0.25) is 0 Å². The van der Waals surface area contributed by atoms with Crippen LogP contribution in [0.3, 0.4) is 0 Å². The minimum Gasteiger partial charge on any atom is -0.367 e. The molecule has 0 N–H and O–H groups in total. The number of rotatable bonds is 4. The molecule has 0 saturated carbocycles. The van der Waals surface area contributed by atoms with Crippen LogP contribution in [0.5, 0.6) is 0 Å². The summed E-state index contributed by atoms with van der Waals surface area (Å²) in [5, 5.41) is 0. The first kappa shape index (κ1) is 12.8. The number of ether oxygens (including phenoxy) is 1. The highest BCUT2D eigenvalue weighted by molar-refractivity contribution is 6.80. The number of epoxide rings is 1. The normalized spacial score (nSPS) is 23.2. The zero-order valence-electron chi connectivity index (χ0n) is 11.0. The molecule has 1 fully saturated rings. The van der Waals surface area contributed by atoms with E-state index in [-0.39, 0.29) is 5.60 Å². The van der Waals surface area contributed by atoms with Gasteiger partial charge < -0.3 is 4.74 Å². The molecule has 1 nitrogen and oxygen atoms in total. The van der Waals surface area contributed by atoms with E-state index in [9.17, 15) is 0 Å². The third-order valence-electron chi connectivity index (χ3n) is 2.70. The van der Waals surface area contributed by atoms with E-state index in [1.807, 2.05) is 0 Å². The fraction of sp³-hybridized carbons (Fsp3) is 0.769. The van der Waals surface area contributed by atoms with Crippen LogP contribution in [-0.4, -0.2) is 19.8 Å². The fourth-order valence-electron chi connectivity index (χ4n) is 1.50. The highest BCUT2D eigenvalue weighted by Crippen LogP contribution is 2.38. The molecule has 1 aliphatic rings. The van der Waals surface area contributed by atoms with Crippen LogP contribution in [0.2, 0.25) is 19.6 Å². The van der Waals surface area contributed by atoms with Crippen LogP contribution in [0.15, 0.2) is 17.0 Å². The van der Waals surface area contributed by atoms with E-state index < -0.39 is 8.07 Å². The number of hydrogen-bond donors (Lipinski definition) is 0. The largest absolute Gasteiger partial charge is 0.367 e.